The van der Waals surface area contributed by atoms with E-state index >= 15 is 0 Å². The number of nitrogens with one attached hydrogen (secondary N) is 1. The largest absolute Gasteiger partial charge is 0.489 e. The van der Waals surface area contributed by atoms with E-state index in [-0.39, 0.29) is 26.0 Å². The standard InChI is InChI=1S/C43H35Cl2N3O8/c1-53-42(50)36(17-25-2-7-28(8-3-25)29-9-4-26(21-46)5-10-29)47-41(49)37-18-31-19-38-39(20-32(31)22-48(37)43(51)52)56-40(24-55-38)30-11-13-33(14-12-30)54-23-27-6-15-34(44)35(45)16-27/h2-16,19-20,36-37,40H,17-18,22-24H2,1H3,(H,47,49)(H,51,52)/t36-,37?,40+/m0/s1. The van der Waals surface area contributed by atoms with E-state index in [1.54, 1.807) is 36.4 Å². The third-order valence-electron chi connectivity index (χ3n) is 9.79. The Kier molecular flexibility index (Phi) is 11.3. The number of nitriles is 1. The fourth-order valence-electron chi connectivity index (χ4n) is 6.74. The molecule has 2 aliphatic heterocycles. The van der Waals surface area contributed by atoms with Gasteiger partial charge in [0.25, 0.3) is 0 Å². The first-order valence-corrected chi connectivity index (χ1v) is 18.4. The van der Waals surface area contributed by atoms with Crippen molar-refractivity contribution in [3.05, 3.63) is 147 Å². The molecule has 2 N–H and O–H groups in total. The van der Waals surface area contributed by atoms with Crippen LogP contribution >= 0.6 is 23.2 Å². The number of esters is 1. The number of halogens is 2. The molecule has 0 saturated heterocycles. The lowest BCUT2D eigenvalue weighted by molar-refractivity contribution is -0.145. The van der Waals surface area contributed by atoms with Gasteiger partial charge in [0.1, 0.15) is 31.0 Å². The summed E-state index contributed by atoms with van der Waals surface area (Å²) in [4.78, 5) is 40.2. The fourth-order valence-corrected chi connectivity index (χ4v) is 7.06. The van der Waals surface area contributed by atoms with Gasteiger partial charge in [-0.15, -0.1) is 0 Å². The van der Waals surface area contributed by atoms with Crippen LogP contribution in [0.2, 0.25) is 10.0 Å². The highest BCUT2D eigenvalue weighted by Crippen LogP contribution is 2.41. The second-order valence-corrected chi connectivity index (χ2v) is 14.2. The molecule has 0 radical (unpaired) electrons. The summed E-state index contributed by atoms with van der Waals surface area (Å²) >= 11 is 12.1. The predicted octanol–water partition coefficient (Wildman–Crippen LogP) is 7.93. The smallest absolute Gasteiger partial charge is 0.408 e. The molecule has 0 fully saturated rings. The maximum atomic E-state index is 13.8. The van der Waals surface area contributed by atoms with Crippen molar-refractivity contribution in [1.82, 2.24) is 10.2 Å². The van der Waals surface area contributed by atoms with Gasteiger partial charge in [0, 0.05) is 12.8 Å². The Bertz CT molecular complexity index is 2310. The van der Waals surface area contributed by atoms with Crippen molar-refractivity contribution in [2.24, 2.45) is 0 Å². The highest BCUT2D eigenvalue weighted by Gasteiger charge is 2.38. The highest BCUT2D eigenvalue weighted by atomic mass is 35.5. The molecule has 1 unspecified atom stereocenters. The predicted molar refractivity (Wildman–Crippen MR) is 208 cm³/mol. The van der Waals surface area contributed by atoms with Gasteiger partial charge in [0.15, 0.2) is 17.6 Å². The summed E-state index contributed by atoms with van der Waals surface area (Å²) in [6, 6.07) is 30.9. The molecule has 2 aliphatic rings. The second kappa shape index (κ2) is 16.7. The molecule has 0 aromatic heterocycles. The summed E-state index contributed by atoms with van der Waals surface area (Å²) in [5, 5.41) is 23.0. The van der Waals surface area contributed by atoms with Crippen LogP contribution in [0.3, 0.4) is 0 Å². The Balaban J connectivity index is 1.01. The Hall–Kier alpha value is -6.22. The summed E-state index contributed by atoms with van der Waals surface area (Å²) in [6.45, 7) is 0.473. The second-order valence-electron chi connectivity index (χ2n) is 13.4. The number of carboxylic acid groups (broad SMARTS) is 1. The number of carbonyl (C=O) groups is 3. The van der Waals surface area contributed by atoms with E-state index in [1.807, 2.05) is 66.7 Å². The van der Waals surface area contributed by atoms with E-state index in [0.29, 0.717) is 45.0 Å². The maximum absolute atomic E-state index is 13.8. The lowest BCUT2D eigenvalue weighted by atomic mass is 9.92. The zero-order chi connectivity index (χ0) is 39.3. The summed E-state index contributed by atoms with van der Waals surface area (Å²) < 4.78 is 23.4. The van der Waals surface area contributed by atoms with Crippen molar-refractivity contribution < 1.29 is 38.4 Å². The molecule has 13 heteroatoms. The van der Waals surface area contributed by atoms with E-state index in [9.17, 15) is 19.5 Å². The highest BCUT2D eigenvalue weighted by molar-refractivity contribution is 6.42. The average molecular weight is 793 g/mol. The van der Waals surface area contributed by atoms with Gasteiger partial charge in [-0.3, -0.25) is 9.69 Å². The monoisotopic (exact) mass is 791 g/mol. The van der Waals surface area contributed by atoms with Gasteiger partial charge in [-0.25, -0.2) is 9.59 Å². The van der Waals surface area contributed by atoms with Crippen LogP contribution in [-0.2, 0) is 40.3 Å². The van der Waals surface area contributed by atoms with Crippen molar-refractivity contribution in [3.63, 3.8) is 0 Å². The summed E-state index contributed by atoms with van der Waals surface area (Å²) in [6.07, 6.45) is -1.52. The van der Waals surface area contributed by atoms with Crippen LogP contribution in [-0.4, -0.2) is 53.8 Å². The Morgan fingerprint density at radius 3 is 2.23 bits per heavy atom. The van der Waals surface area contributed by atoms with Crippen molar-refractivity contribution >= 4 is 41.2 Å². The van der Waals surface area contributed by atoms with E-state index < -0.39 is 36.2 Å². The SMILES string of the molecule is COC(=O)[C@H](Cc1ccc(-c2ccc(C#N)cc2)cc1)NC(=O)C1Cc2cc3c(cc2CN1C(=O)O)O[C@@H](c1ccc(OCc2ccc(Cl)c(Cl)c2)cc1)CO3. The molecule has 0 bridgehead atoms. The average Bonchev–Trinajstić information content (AvgIpc) is 3.22. The van der Waals surface area contributed by atoms with Gasteiger partial charge in [-0.1, -0.05) is 77.8 Å². The fraction of sp³-hybridized carbons (Fsp3) is 0.209. The molecule has 0 spiro atoms. The zero-order valence-corrected chi connectivity index (χ0v) is 31.5. The molecule has 5 aromatic rings. The minimum absolute atomic E-state index is 0.0599. The Morgan fingerprint density at radius 1 is 0.893 bits per heavy atom. The quantitative estimate of drug-likeness (QED) is 0.135. The van der Waals surface area contributed by atoms with Crippen LogP contribution in [0.15, 0.2) is 103 Å². The normalized spacial score (nSPS) is 16.1. The number of hydrogen-bond acceptors (Lipinski definition) is 8. The van der Waals surface area contributed by atoms with Crippen LogP contribution in [0.4, 0.5) is 4.79 Å². The number of methoxy groups -OCH3 is 1. The zero-order valence-electron chi connectivity index (χ0n) is 30.0. The number of hydrogen-bond donors (Lipinski definition) is 2. The number of amides is 2. The molecule has 7 rings (SSSR count). The molecule has 2 heterocycles. The molecule has 284 valence electrons. The third-order valence-corrected chi connectivity index (χ3v) is 10.5. The Labute approximate surface area is 332 Å². The lowest BCUT2D eigenvalue weighted by Gasteiger charge is -2.36. The first-order valence-electron chi connectivity index (χ1n) is 17.7. The van der Waals surface area contributed by atoms with Gasteiger partial charge in [-0.05, 0) is 87.5 Å². The van der Waals surface area contributed by atoms with Crippen molar-refractivity contribution in [2.45, 2.75) is 44.2 Å². The molecule has 56 heavy (non-hydrogen) atoms. The number of rotatable bonds is 10. The molecule has 0 aliphatic carbocycles. The lowest BCUT2D eigenvalue weighted by Crippen LogP contribution is -2.55. The summed E-state index contributed by atoms with van der Waals surface area (Å²) in [5.41, 5.74) is 6.31. The Morgan fingerprint density at radius 2 is 1.57 bits per heavy atom. The summed E-state index contributed by atoms with van der Waals surface area (Å²) in [7, 11) is 1.23. The van der Waals surface area contributed by atoms with E-state index in [4.69, 9.17) is 47.4 Å². The molecule has 5 aromatic carbocycles. The number of benzene rings is 5. The van der Waals surface area contributed by atoms with Crippen LogP contribution in [0, 0.1) is 11.3 Å². The van der Waals surface area contributed by atoms with Crippen LogP contribution in [0.25, 0.3) is 11.1 Å². The van der Waals surface area contributed by atoms with Gasteiger partial charge < -0.3 is 29.4 Å². The third kappa shape index (κ3) is 8.52. The minimum atomic E-state index is -1.28. The van der Waals surface area contributed by atoms with Gasteiger partial charge in [-0.2, -0.15) is 5.26 Å². The van der Waals surface area contributed by atoms with Crippen molar-refractivity contribution in [3.8, 4) is 34.4 Å². The van der Waals surface area contributed by atoms with E-state index in [1.165, 1.54) is 7.11 Å². The molecular weight excluding hydrogens is 757 g/mol. The maximum Gasteiger partial charge on any atom is 0.408 e. The van der Waals surface area contributed by atoms with Gasteiger partial charge in [0.05, 0.1) is 35.3 Å². The molecular formula is C43H35Cl2N3O8. The summed E-state index contributed by atoms with van der Waals surface area (Å²) in [5.74, 6) is 0.325. The van der Waals surface area contributed by atoms with Crippen LogP contribution in [0.1, 0.15) is 39.5 Å². The number of carbonyl (C=O) groups excluding carboxylic acids is 2. The van der Waals surface area contributed by atoms with Crippen LogP contribution in [0.5, 0.6) is 17.2 Å². The topological polar surface area (TPSA) is 147 Å². The minimum Gasteiger partial charge on any atom is -0.489 e. The number of fused-ring (bicyclic) bond motifs is 2. The molecule has 0 saturated carbocycles. The first kappa shape index (κ1) is 38.1. The van der Waals surface area contributed by atoms with Crippen molar-refractivity contribution in [2.75, 3.05) is 13.7 Å². The number of ether oxygens (including phenoxy) is 4. The molecule has 11 nitrogen and oxygen atoms in total. The van der Waals surface area contributed by atoms with E-state index in [2.05, 4.69) is 11.4 Å². The van der Waals surface area contributed by atoms with Gasteiger partial charge in [0.2, 0.25) is 5.91 Å². The van der Waals surface area contributed by atoms with Crippen LogP contribution < -0.4 is 19.5 Å². The molecule has 2 amide bonds. The first-order chi connectivity index (χ1) is 27.1. The van der Waals surface area contributed by atoms with E-state index in [0.717, 1.165) is 38.3 Å². The number of nitrogens with zero attached hydrogens (tertiary/aromatic N) is 2. The van der Waals surface area contributed by atoms with Gasteiger partial charge >= 0.3 is 12.1 Å². The van der Waals surface area contributed by atoms with Crippen molar-refractivity contribution in [1.29, 1.82) is 5.26 Å². The molecule has 3 atom stereocenters.